The molecule has 2 aliphatic rings. The second kappa shape index (κ2) is 8.37. The van der Waals surface area contributed by atoms with Gasteiger partial charge in [-0.05, 0) is 55.7 Å². The zero-order valence-electron chi connectivity index (χ0n) is 15.3. The average Bonchev–Trinajstić information content (AvgIpc) is 2.67. The molecule has 0 spiro atoms. The molecule has 0 saturated carbocycles. The zero-order valence-corrected chi connectivity index (χ0v) is 15.3. The number of piperidine rings is 2. The summed E-state index contributed by atoms with van der Waals surface area (Å²) in [6, 6.07) is 7.82. The Hall–Kier alpha value is -2.04. The molecule has 0 radical (unpaired) electrons. The molecule has 2 N–H and O–H groups in total. The van der Waals surface area contributed by atoms with Crippen LogP contribution in [0.15, 0.2) is 29.3 Å². The summed E-state index contributed by atoms with van der Waals surface area (Å²) in [5, 5.41) is 0. The van der Waals surface area contributed by atoms with Gasteiger partial charge in [0.15, 0.2) is 5.96 Å². The van der Waals surface area contributed by atoms with E-state index in [0.29, 0.717) is 12.5 Å². The first kappa shape index (κ1) is 17.8. The van der Waals surface area contributed by atoms with Gasteiger partial charge in [0, 0.05) is 31.7 Å². The number of nitrogens with two attached hydrogens (primary N) is 1. The number of nitrogens with zero attached hydrogens (tertiary/aromatic N) is 3. The monoisotopic (exact) mass is 342 g/mol. The van der Waals surface area contributed by atoms with Crippen LogP contribution in [0, 0.1) is 5.92 Å². The van der Waals surface area contributed by atoms with E-state index in [0.717, 1.165) is 56.1 Å². The summed E-state index contributed by atoms with van der Waals surface area (Å²) in [4.78, 5) is 21.2. The zero-order chi connectivity index (χ0) is 17.6. The molecule has 25 heavy (non-hydrogen) atoms. The smallest absolute Gasteiger partial charge is 0.253 e. The van der Waals surface area contributed by atoms with E-state index in [2.05, 4.69) is 16.8 Å². The SMILES string of the molecule is CC1CCN(C(N)=NCc2ccc(C(=O)N3CCCCC3)cc2)CC1. The number of hydrogen-bond acceptors (Lipinski definition) is 2. The maximum atomic E-state index is 12.5. The molecule has 2 saturated heterocycles. The first-order valence-corrected chi connectivity index (χ1v) is 9.56. The Morgan fingerprint density at radius 3 is 2.32 bits per heavy atom. The third-order valence-electron chi connectivity index (χ3n) is 5.38. The van der Waals surface area contributed by atoms with Crippen LogP contribution in [-0.2, 0) is 6.54 Å². The molecule has 2 aliphatic heterocycles. The molecule has 3 rings (SSSR count). The number of aliphatic imine (C=N–C) groups is 1. The van der Waals surface area contributed by atoms with Crippen molar-refractivity contribution in [2.24, 2.45) is 16.6 Å². The molecular weight excluding hydrogens is 312 g/mol. The van der Waals surface area contributed by atoms with Crippen LogP contribution in [-0.4, -0.2) is 47.8 Å². The van der Waals surface area contributed by atoms with E-state index in [9.17, 15) is 4.79 Å². The second-order valence-corrected chi connectivity index (χ2v) is 7.39. The highest BCUT2D eigenvalue weighted by Crippen LogP contribution is 2.16. The van der Waals surface area contributed by atoms with Gasteiger partial charge in [-0.1, -0.05) is 19.1 Å². The van der Waals surface area contributed by atoms with Crippen LogP contribution in [0.1, 0.15) is 54.9 Å². The molecular formula is C20H30N4O. The first-order valence-electron chi connectivity index (χ1n) is 9.56. The molecule has 0 aliphatic carbocycles. The van der Waals surface area contributed by atoms with Crippen LogP contribution in [0.25, 0.3) is 0 Å². The third-order valence-corrected chi connectivity index (χ3v) is 5.38. The van der Waals surface area contributed by atoms with Gasteiger partial charge in [0.25, 0.3) is 5.91 Å². The number of hydrogen-bond donors (Lipinski definition) is 1. The van der Waals surface area contributed by atoms with Crippen LogP contribution in [0.3, 0.4) is 0 Å². The number of guanidine groups is 1. The Morgan fingerprint density at radius 2 is 1.68 bits per heavy atom. The molecule has 136 valence electrons. The molecule has 5 heteroatoms. The van der Waals surface area contributed by atoms with Crippen molar-refractivity contribution in [3.63, 3.8) is 0 Å². The van der Waals surface area contributed by atoms with Crippen LogP contribution in [0.5, 0.6) is 0 Å². The summed E-state index contributed by atoms with van der Waals surface area (Å²) in [5.41, 5.74) is 7.99. The van der Waals surface area contributed by atoms with Crippen molar-refractivity contribution >= 4 is 11.9 Å². The number of rotatable bonds is 3. The Morgan fingerprint density at radius 1 is 1.04 bits per heavy atom. The second-order valence-electron chi connectivity index (χ2n) is 7.39. The maximum Gasteiger partial charge on any atom is 0.253 e. The van der Waals surface area contributed by atoms with E-state index in [1.165, 1.54) is 19.3 Å². The number of amides is 1. The van der Waals surface area contributed by atoms with Gasteiger partial charge in [-0.15, -0.1) is 0 Å². The van der Waals surface area contributed by atoms with E-state index in [-0.39, 0.29) is 5.91 Å². The van der Waals surface area contributed by atoms with Gasteiger partial charge < -0.3 is 15.5 Å². The highest BCUT2D eigenvalue weighted by molar-refractivity contribution is 5.94. The molecule has 5 nitrogen and oxygen atoms in total. The summed E-state index contributed by atoms with van der Waals surface area (Å²) in [6.45, 7) is 6.62. The minimum Gasteiger partial charge on any atom is -0.370 e. The maximum absolute atomic E-state index is 12.5. The van der Waals surface area contributed by atoms with Gasteiger partial charge in [0.1, 0.15) is 0 Å². The van der Waals surface area contributed by atoms with Crippen molar-refractivity contribution in [1.29, 1.82) is 0 Å². The summed E-state index contributed by atoms with van der Waals surface area (Å²) in [5.74, 6) is 1.58. The largest absolute Gasteiger partial charge is 0.370 e. The highest BCUT2D eigenvalue weighted by Gasteiger charge is 2.18. The van der Waals surface area contributed by atoms with Crippen molar-refractivity contribution in [1.82, 2.24) is 9.80 Å². The summed E-state index contributed by atoms with van der Waals surface area (Å²) in [7, 11) is 0. The number of likely N-dealkylation sites (tertiary alicyclic amines) is 2. The molecule has 1 amide bonds. The average molecular weight is 342 g/mol. The van der Waals surface area contributed by atoms with Gasteiger partial charge in [-0.25, -0.2) is 4.99 Å². The van der Waals surface area contributed by atoms with Crippen molar-refractivity contribution < 1.29 is 4.79 Å². The van der Waals surface area contributed by atoms with Crippen molar-refractivity contribution in [3.05, 3.63) is 35.4 Å². The lowest BCUT2D eigenvalue weighted by molar-refractivity contribution is 0.0724. The standard InChI is InChI=1S/C20H30N4O/c1-16-9-13-24(14-10-16)20(21)22-15-17-5-7-18(8-6-17)19(25)23-11-3-2-4-12-23/h5-8,16H,2-4,9-15H2,1H3,(H2,21,22). The summed E-state index contributed by atoms with van der Waals surface area (Å²) in [6.07, 6.45) is 5.84. The van der Waals surface area contributed by atoms with Gasteiger partial charge in [0.2, 0.25) is 0 Å². The first-order chi connectivity index (χ1) is 12.1. The lowest BCUT2D eigenvalue weighted by Gasteiger charge is -2.31. The molecule has 0 aromatic heterocycles. The Labute approximate surface area is 150 Å². The summed E-state index contributed by atoms with van der Waals surface area (Å²) >= 11 is 0. The van der Waals surface area contributed by atoms with E-state index >= 15 is 0 Å². The number of benzene rings is 1. The molecule has 1 aromatic carbocycles. The fraction of sp³-hybridized carbons (Fsp3) is 0.600. The Bertz CT molecular complexity index is 597. The third kappa shape index (κ3) is 4.74. The van der Waals surface area contributed by atoms with E-state index in [1.54, 1.807) is 0 Å². The quantitative estimate of drug-likeness (QED) is 0.679. The predicted octanol–water partition coefficient (Wildman–Crippen LogP) is 2.86. The lowest BCUT2D eigenvalue weighted by Crippen LogP contribution is -2.42. The van der Waals surface area contributed by atoms with Crippen molar-refractivity contribution in [3.8, 4) is 0 Å². The van der Waals surface area contributed by atoms with Gasteiger partial charge >= 0.3 is 0 Å². The molecule has 2 fully saturated rings. The Kier molecular flexibility index (Phi) is 5.95. The Balaban J connectivity index is 1.55. The van der Waals surface area contributed by atoms with Gasteiger partial charge in [-0.2, -0.15) is 0 Å². The van der Waals surface area contributed by atoms with Gasteiger partial charge in [-0.3, -0.25) is 4.79 Å². The molecule has 0 unspecified atom stereocenters. The van der Waals surface area contributed by atoms with Crippen molar-refractivity contribution in [2.75, 3.05) is 26.2 Å². The van der Waals surface area contributed by atoms with Crippen LogP contribution in [0.4, 0.5) is 0 Å². The highest BCUT2D eigenvalue weighted by atomic mass is 16.2. The minimum absolute atomic E-state index is 0.150. The van der Waals surface area contributed by atoms with Crippen LogP contribution >= 0.6 is 0 Å². The van der Waals surface area contributed by atoms with Crippen LogP contribution < -0.4 is 5.73 Å². The number of carbonyl (C=O) groups is 1. The van der Waals surface area contributed by atoms with E-state index < -0.39 is 0 Å². The number of carbonyl (C=O) groups excluding carboxylic acids is 1. The molecule has 1 aromatic rings. The van der Waals surface area contributed by atoms with Crippen LogP contribution in [0.2, 0.25) is 0 Å². The van der Waals surface area contributed by atoms with Gasteiger partial charge in [0.05, 0.1) is 6.54 Å². The minimum atomic E-state index is 0.150. The lowest BCUT2D eigenvalue weighted by atomic mass is 10.00. The summed E-state index contributed by atoms with van der Waals surface area (Å²) < 4.78 is 0. The van der Waals surface area contributed by atoms with E-state index in [1.807, 2.05) is 29.2 Å². The fourth-order valence-electron chi connectivity index (χ4n) is 3.54. The van der Waals surface area contributed by atoms with Crippen molar-refractivity contribution in [2.45, 2.75) is 45.6 Å². The molecule has 2 heterocycles. The fourth-order valence-corrected chi connectivity index (χ4v) is 3.54. The normalized spacial score (nSPS) is 20.0. The topological polar surface area (TPSA) is 61.9 Å². The van der Waals surface area contributed by atoms with E-state index in [4.69, 9.17) is 5.73 Å². The molecule has 0 bridgehead atoms. The predicted molar refractivity (Wildman–Crippen MR) is 101 cm³/mol. The molecule has 0 atom stereocenters.